The van der Waals surface area contributed by atoms with Gasteiger partial charge in [0.25, 0.3) is 0 Å². The number of rotatable bonds is 2. The van der Waals surface area contributed by atoms with Crippen LogP contribution in [0.25, 0.3) is 11.5 Å². The van der Waals surface area contributed by atoms with Gasteiger partial charge in [0.05, 0.1) is 15.2 Å². The van der Waals surface area contributed by atoms with Crippen molar-refractivity contribution in [1.82, 2.24) is 15.0 Å². The molecule has 1 fully saturated rings. The zero-order chi connectivity index (χ0) is 12.7. The molecule has 2 aromatic heterocycles. The minimum atomic E-state index is 0.457. The summed E-state index contributed by atoms with van der Waals surface area (Å²) in [6.45, 7) is 0. The monoisotopic (exact) mass is 324 g/mol. The maximum absolute atomic E-state index is 5.90. The Labute approximate surface area is 118 Å². The van der Waals surface area contributed by atoms with Gasteiger partial charge in [0.1, 0.15) is 11.5 Å². The van der Waals surface area contributed by atoms with Gasteiger partial charge < -0.3 is 5.73 Å². The molecule has 4 nitrogen and oxygen atoms in total. The lowest BCUT2D eigenvalue weighted by Crippen LogP contribution is -2.02. The Bertz CT molecular complexity index is 596. The first-order valence-corrected chi connectivity index (χ1v) is 6.77. The third-order valence-electron chi connectivity index (χ3n) is 2.82. The quantitative estimate of drug-likeness (QED) is 0.919. The first kappa shape index (κ1) is 11.9. The van der Waals surface area contributed by atoms with Crippen LogP contribution in [-0.2, 0) is 0 Å². The van der Waals surface area contributed by atoms with E-state index in [0.29, 0.717) is 28.3 Å². The first-order chi connectivity index (χ1) is 8.65. The number of aromatic nitrogens is 3. The number of anilines is 1. The van der Waals surface area contributed by atoms with Crippen LogP contribution >= 0.6 is 27.5 Å². The SMILES string of the molecule is Nc1nc(-c2ccc(Cl)cn2)nc(C2CC2)c1Br. The van der Waals surface area contributed by atoms with Crippen molar-refractivity contribution in [3.05, 3.63) is 33.5 Å². The molecule has 3 rings (SSSR count). The van der Waals surface area contributed by atoms with Crippen LogP contribution in [0, 0.1) is 0 Å². The highest BCUT2D eigenvalue weighted by Gasteiger charge is 2.29. The summed E-state index contributed by atoms with van der Waals surface area (Å²) >= 11 is 9.26. The Balaban J connectivity index is 2.09. The molecule has 0 aliphatic heterocycles. The lowest BCUT2D eigenvalue weighted by molar-refractivity contribution is 0.978. The Kier molecular flexibility index (Phi) is 2.95. The number of nitrogen functional groups attached to an aromatic ring is 1. The van der Waals surface area contributed by atoms with E-state index in [-0.39, 0.29) is 0 Å². The number of pyridine rings is 1. The van der Waals surface area contributed by atoms with Crippen molar-refractivity contribution in [2.24, 2.45) is 0 Å². The summed E-state index contributed by atoms with van der Waals surface area (Å²) in [4.78, 5) is 13.0. The van der Waals surface area contributed by atoms with E-state index in [9.17, 15) is 0 Å². The molecule has 92 valence electrons. The molecule has 2 heterocycles. The minimum absolute atomic E-state index is 0.457. The molecule has 6 heteroatoms. The molecule has 0 amide bonds. The number of hydrogen-bond acceptors (Lipinski definition) is 4. The summed E-state index contributed by atoms with van der Waals surface area (Å²) in [5.41, 5.74) is 7.56. The first-order valence-electron chi connectivity index (χ1n) is 5.60. The molecule has 0 unspecified atom stereocenters. The van der Waals surface area contributed by atoms with Gasteiger partial charge in [0, 0.05) is 12.1 Å². The van der Waals surface area contributed by atoms with E-state index in [1.807, 2.05) is 0 Å². The smallest absolute Gasteiger partial charge is 0.180 e. The van der Waals surface area contributed by atoms with Gasteiger partial charge in [-0.2, -0.15) is 0 Å². The number of nitrogens with zero attached hydrogens (tertiary/aromatic N) is 3. The van der Waals surface area contributed by atoms with Crippen molar-refractivity contribution >= 4 is 33.3 Å². The molecule has 0 atom stereocenters. The van der Waals surface area contributed by atoms with Crippen LogP contribution in [0.3, 0.4) is 0 Å². The molecule has 1 aliphatic rings. The number of nitrogens with two attached hydrogens (primary N) is 1. The fourth-order valence-corrected chi connectivity index (χ4v) is 2.35. The Morgan fingerprint density at radius 2 is 2.06 bits per heavy atom. The highest BCUT2D eigenvalue weighted by molar-refractivity contribution is 9.10. The van der Waals surface area contributed by atoms with Crippen molar-refractivity contribution in [2.75, 3.05) is 5.73 Å². The normalized spacial score (nSPS) is 14.8. The number of hydrogen-bond donors (Lipinski definition) is 1. The van der Waals surface area contributed by atoms with E-state index < -0.39 is 0 Å². The summed E-state index contributed by atoms with van der Waals surface area (Å²) in [6.07, 6.45) is 3.89. The highest BCUT2D eigenvalue weighted by Crippen LogP contribution is 2.43. The van der Waals surface area contributed by atoms with E-state index in [1.54, 1.807) is 18.3 Å². The van der Waals surface area contributed by atoms with Crippen molar-refractivity contribution in [2.45, 2.75) is 18.8 Å². The van der Waals surface area contributed by atoms with Gasteiger partial charge in [0.2, 0.25) is 0 Å². The molecule has 1 aliphatic carbocycles. The van der Waals surface area contributed by atoms with Crippen molar-refractivity contribution in [3.8, 4) is 11.5 Å². The minimum Gasteiger partial charge on any atom is -0.383 e. The second-order valence-electron chi connectivity index (χ2n) is 4.27. The maximum Gasteiger partial charge on any atom is 0.180 e. The topological polar surface area (TPSA) is 64.7 Å². The molecule has 0 spiro atoms. The van der Waals surface area contributed by atoms with Crippen LogP contribution < -0.4 is 5.73 Å². The van der Waals surface area contributed by atoms with Crippen molar-refractivity contribution in [3.63, 3.8) is 0 Å². The highest BCUT2D eigenvalue weighted by atomic mass is 79.9. The van der Waals surface area contributed by atoms with Crippen molar-refractivity contribution in [1.29, 1.82) is 0 Å². The fourth-order valence-electron chi connectivity index (χ4n) is 1.73. The predicted octanol–water partition coefficient (Wildman–Crippen LogP) is 3.41. The largest absolute Gasteiger partial charge is 0.383 e. The molecule has 2 N–H and O–H groups in total. The van der Waals surface area contributed by atoms with Crippen LogP contribution in [0.1, 0.15) is 24.5 Å². The summed E-state index contributed by atoms with van der Waals surface area (Å²) < 4.78 is 0.808. The lowest BCUT2D eigenvalue weighted by atomic mass is 10.2. The Morgan fingerprint density at radius 1 is 1.28 bits per heavy atom. The van der Waals surface area contributed by atoms with Gasteiger partial charge >= 0.3 is 0 Å². The third kappa shape index (κ3) is 2.20. The van der Waals surface area contributed by atoms with Gasteiger partial charge in [-0.15, -0.1) is 0 Å². The van der Waals surface area contributed by atoms with Gasteiger partial charge in [-0.3, -0.25) is 4.98 Å². The molecule has 0 saturated heterocycles. The standard InChI is InChI=1S/C12H10BrClN4/c13-9-10(6-1-2-6)17-12(18-11(9)15)8-4-3-7(14)5-16-8/h3-6H,1-2H2,(H2,15,17,18). The average Bonchev–Trinajstić information content (AvgIpc) is 3.18. The molecular formula is C12H10BrClN4. The second-order valence-corrected chi connectivity index (χ2v) is 5.50. The van der Waals surface area contributed by atoms with Crippen LogP contribution in [0.2, 0.25) is 5.02 Å². The molecular weight excluding hydrogens is 316 g/mol. The molecule has 1 saturated carbocycles. The molecule has 18 heavy (non-hydrogen) atoms. The van der Waals surface area contributed by atoms with Gasteiger partial charge in [-0.05, 0) is 40.9 Å². The third-order valence-corrected chi connectivity index (χ3v) is 3.86. The van der Waals surface area contributed by atoms with Gasteiger partial charge in [-0.25, -0.2) is 9.97 Å². The van der Waals surface area contributed by atoms with Crippen LogP contribution in [0.5, 0.6) is 0 Å². The molecule has 0 radical (unpaired) electrons. The van der Waals surface area contributed by atoms with E-state index >= 15 is 0 Å². The Morgan fingerprint density at radius 3 is 2.67 bits per heavy atom. The van der Waals surface area contributed by atoms with E-state index in [2.05, 4.69) is 30.9 Å². The summed E-state index contributed by atoms with van der Waals surface area (Å²) in [5, 5.41) is 0.589. The van der Waals surface area contributed by atoms with E-state index in [4.69, 9.17) is 17.3 Å². The van der Waals surface area contributed by atoms with Crippen LogP contribution in [0.4, 0.5) is 5.82 Å². The zero-order valence-corrected chi connectivity index (χ0v) is 11.7. The van der Waals surface area contributed by atoms with E-state index in [0.717, 1.165) is 23.0 Å². The maximum atomic E-state index is 5.90. The molecule has 0 bridgehead atoms. The van der Waals surface area contributed by atoms with Gasteiger partial charge in [-0.1, -0.05) is 11.6 Å². The summed E-state index contributed by atoms with van der Waals surface area (Å²) in [7, 11) is 0. The lowest BCUT2D eigenvalue weighted by Gasteiger charge is -2.07. The van der Waals surface area contributed by atoms with Crippen LogP contribution in [0.15, 0.2) is 22.8 Å². The summed E-state index contributed by atoms with van der Waals surface area (Å²) in [6, 6.07) is 3.56. The molecule has 2 aromatic rings. The van der Waals surface area contributed by atoms with E-state index in [1.165, 1.54) is 0 Å². The van der Waals surface area contributed by atoms with Crippen LogP contribution in [-0.4, -0.2) is 15.0 Å². The Hall–Kier alpha value is -1.20. The predicted molar refractivity (Wildman–Crippen MR) is 74.4 cm³/mol. The second kappa shape index (κ2) is 4.48. The number of halogens is 2. The van der Waals surface area contributed by atoms with Crippen molar-refractivity contribution < 1.29 is 0 Å². The van der Waals surface area contributed by atoms with Gasteiger partial charge in [0.15, 0.2) is 5.82 Å². The fraction of sp³-hybridized carbons (Fsp3) is 0.250. The molecule has 0 aromatic carbocycles. The average molecular weight is 326 g/mol. The zero-order valence-electron chi connectivity index (χ0n) is 9.40. The summed E-state index contributed by atoms with van der Waals surface area (Å²) in [5.74, 6) is 1.50.